The molecule has 0 fully saturated rings. The summed E-state index contributed by atoms with van der Waals surface area (Å²) < 4.78 is 0. The summed E-state index contributed by atoms with van der Waals surface area (Å²) in [5.74, 6) is -0.856. The van der Waals surface area contributed by atoms with Crippen molar-refractivity contribution in [2.24, 2.45) is 0 Å². The van der Waals surface area contributed by atoms with Crippen molar-refractivity contribution < 1.29 is 15.0 Å². The molecule has 0 amide bonds. The first-order chi connectivity index (χ1) is 10.1. The second kappa shape index (κ2) is 9.32. The minimum atomic E-state index is -0.856. The van der Waals surface area contributed by atoms with Crippen molar-refractivity contribution >= 4 is 5.97 Å². The minimum absolute atomic E-state index is 0.0276. The number of hydrogen-bond acceptors (Lipinski definition) is 3. The van der Waals surface area contributed by atoms with Crippen molar-refractivity contribution in [2.75, 3.05) is 6.54 Å². The number of aryl methyl sites for hydroxylation is 1. The number of benzene rings is 1. The van der Waals surface area contributed by atoms with Crippen LogP contribution in [0.15, 0.2) is 36.9 Å². The molecule has 0 aliphatic carbocycles. The van der Waals surface area contributed by atoms with Crippen LogP contribution in [0.5, 0.6) is 0 Å². The van der Waals surface area contributed by atoms with Gasteiger partial charge in [0.05, 0.1) is 6.10 Å². The number of aliphatic carboxylic acids is 1. The summed E-state index contributed by atoms with van der Waals surface area (Å²) in [5, 5.41) is 22.4. The van der Waals surface area contributed by atoms with Crippen LogP contribution in [-0.4, -0.2) is 28.8 Å². The summed E-state index contributed by atoms with van der Waals surface area (Å²) in [5.41, 5.74) is 2.05. The molecule has 116 valence electrons. The Labute approximate surface area is 126 Å². The van der Waals surface area contributed by atoms with Gasteiger partial charge < -0.3 is 15.5 Å². The molecule has 4 nitrogen and oxygen atoms in total. The van der Waals surface area contributed by atoms with E-state index >= 15 is 0 Å². The van der Waals surface area contributed by atoms with Crippen LogP contribution in [-0.2, 0) is 11.2 Å². The maximum absolute atomic E-state index is 10.7. The Bertz CT molecular complexity index is 442. The highest BCUT2D eigenvalue weighted by molar-refractivity contribution is 5.66. The van der Waals surface area contributed by atoms with Crippen molar-refractivity contribution in [1.29, 1.82) is 0 Å². The number of aliphatic hydroxyl groups is 1. The molecule has 0 heterocycles. The highest BCUT2D eigenvalue weighted by Crippen LogP contribution is 2.21. The molecule has 0 bridgehead atoms. The smallest absolute Gasteiger partial charge is 0.303 e. The van der Waals surface area contributed by atoms with Gasteiger partial charge in [-0.15, -0.1) is 6.58 Å². The standard InChI is InChI=1S/C17H25NO3/c1-3-5-13-6-8-14(9-7-13)17(21)15(18-12-4-2)10-11-16(19)20/h4,6-9,15,17-18,21H,2-3,5,10-12H2,1H3,(H,19,20). The van der Waals surface area contributed by atoms with E-state index in [1.807, 2.05) is 24.3 Å². The van der Waals surface area contributed by atoms with Crippen LogP contribution in [0.4, 0.5) is 0 Å². The van der Waals surface area contributed by atoms with Gasteiger partial charge in [-0.3, -0.25) is 4.79 Å². The van der Waals surface area contributed by atoms with Gasteiger partial charge in [-0.05, 0) is 24.0 Å². The van der Waals surface area contributed by atoms with Gasteiger partial charge in [-0.1, -0.05) is 43.7 Å². The number of nitrogens with one attached hydrogen (secondary N) is 1. The molecule has 0 aliphatic rings. The number of carboxylic acids is 1. The van der Waals surface area contributed by atoms with Crippen LogP contribution < -0.4 is 5.32 Å². The van der Waals surface area contributed by atoms with Gasteiger partial charge in [-0.25, -0.2) is 0 Å². The molecule has 1 rings (SSSR count). The number of hydrogen-bond donors (Lipinski definition) is 3. The van der Waals surface area contributed by atoms with E-state index in [1.165, 1.54) is 5.56 Å². The fraction of sp³-hybridized carbons (Fsp3) is 0.471. The lowest BCUT2D eigenvalue weighted by Crippen LogP contribution is -2.35. The van der Waals surface area contributed by atoms with Crippen molar-refractivity contribution in [3.63, 3.8) is 0 Å². The van der Waals surface area contributed by atoms with E-state index in [0.29, 0.717) is 13.0 Å². The highest BCUT2D eigenvalue weighted by atomic mass is 16.4. The van der Waals surface area contributed by atoms with Crippen molar-refractivity contribution in [3.8, 4) is 0 Å². The maximum atomic E-state index is 10.7. The second-order valence-corrected chi connectivity index (χ2v) is 5.17. The lowest BCUT2D eigenvalue weighted by molar-refractivity contribution is -0.137. The number of rotatable bonds is 10. The highest BCUT2D eigenvalue weighted by Gasteiger charge is 2.20. The predicted octanol–water partition coefficient (Wildman–Crippen LogP) is 2.68. The van der Waals surface area contributed by atoms with Crippen LogP contribution in [0.25, 0.3) is 0 Å². The molecule has 0 aromatic heterocycles. The average molecular weight is 291 g/mol. The van der Waals surface area contributed by atoms with Gasteiger partial charge in [0, 0.05) is 19.0 Å². The molecule has 1 aromatic carbocycles. The summed E-state index contributed by atoms with van der Waals surface area (Å²) in [6.45, 7) is 6.30. The van der Waals surface area contributed by atoms with E-state index in [0.717, 1.165) is 18.4 Å². The first kappa shape index (κ1) is 17.4. The summed E-state index contributed by atoms with van der Waals surface area (Å²) in [4.78, 5) is 10.7. The third kappa shape index (κ3) is 6.10. The van der Waals surface area contributed by atoms with E-state index in [9.17, 15) is 9.90 Å². The van der Waals surface area contributed by atoms with Crippen LogP contribution in [0, 0.1) is 0 Å². The molecule has 2 atom stereocenters. The van der Waals surface area contributed by atoms with Gasteiger partial charge >= 0.3 is 5.97 Å². The molecule has 0 radical (unpaired) electrons. The largest absolute Gasteiger partial charge is 0.481 e. The van der Waals surface area contributed by atoms with Gasteiger partial charge in [-0.2, -0.15) is 0 Å². The fourth-order valence-corrected chi connectivity index (χ4v) is 2.29. The van der Waals surface area contributed by atoms with E-state index in [1.54, 1.807) is 6.08 Å². The summed E-state index contributed by atoms with van der Waals surface area (Å²) in [7, 11) is 0. The third-order valence-electron chi connectivity index (χ3n) is 3.43. The Morgan fingerprint density at radius 1 is 1.38 bits per heavy atom. The Balaban J connectivity index is 2.74. The second-order valence-electron chi connectivity index (χ2n) is 5.17. The van der Waals surface area contributed by atoms with Crippen LogP contribution in [0.3, 0.4) is 0 Å². The van der Waals surface area contributed by atoms with Gasteiger partial charge in [0.15, 0.2) is 0 Å². The molecule has 4 heteroatoms. The number of carboxylic acid groups (broad SMARTS) is 1. The molecule has 0 aliphatic heterocycles. The number of aliphatic hydroxyl groups excluding tert-OH is 1. The van der Waals surface area contributed by atoms with Crippen LogP contribution in [0.1, 0.15) is 43.4 Å². The average Bonchev–Trinajstić information content (AvgIpc) is 2.47. The monoisotopic (exact) mass is 291 g/mol. The van der Waals surface area contributed by atoms with E-state index in [2.05, 4.69) is 18.8 Å². The maximum Gasteiger partial charge on any atom is 0.303 e. The van der Waals surface area contributed by atoms with E-state index in [-0.39, 0.29) is 12.5 Å². The molecule has 1 aromatic rings. The molecule has 0 spiro atoms. The first-order valence-electron chi connectivity index (χ1n) is 7.41. The zero-order valence-electron chi connectivity index (χ0n) is 12.6. The van der Waals surface area contributed by atoms with Gasteiger partial charge in [0.2, 0.25) is 0 Å². The molecule has 21 heavy (non-hydrogen) atoms. The van der Waals surface area contributed by atoms with Gasteiger partial charge in [0.25, 0.3) is 0 Å². The quantitative estimate of drug-likeness (QED) is 0.580. The van der Waals surface area contributed by atoms with E-state index in [4.69, 9.17) is 5.11 Å². The van der Waals surface area contributed by atoms with Crippen LogP contribution in [0.2, 0.25) is 0 Å². The lowest BCUT2D eigenvalue weighted by atomic mass is 9.96. The molecule has 0 saturated heterocycles. The summed E-state index contributed by atoms with van der Waals surface area (Å²) in [6.07, 6.45) is 3.49. The van der Waals surface area contributed by atoms with E-state index < -0.39 is 12.1 Å². The normalized spacial score (nSPS) is 13.6. The third-order valence-corrected chi connectivity index (χ3v) is 3.43. The van der Waals surface area contributed by atoms with Crippen LogP contribution >= 0.6 is 0 Å². The van der Waals surface area contributed by atoms with Crippen molar-refractivity contribution in [2.45, 2.75) is 44.8 Å². The zero-order valence-corrected chi connectivity index (χ0v) is 12.6. The molecule has 2 unspecified atom stereocenters. The molecule has 0 saturated carbocycles. The Morgan fingerprint density at radius 3 is 2.57 bits per heavy atom. The molecule has 3 N–H and O–H groups in total. The Hall–Kier alpha value is -1.65. The predicted molar refractivity (Wildman–Crippen MR) is 84.3 cm³/mol. The fourth-order valence-electron chi connectivity index (χ4n) is 2.29. The zero-order chi connectivity index (χ0) is 15.7. The Morgan fingerprint density at radius 2 is 2.05 bits per heavy atom. The molecular formula is C17H25NO3. The number of carbonyl (C=O) groups is 1. The minimum Gasteiger partial charge on any atom is -0.481 e. The summed E-state index contributed by atoms with van der Waals surface area (Å²) in [6, 6.07) is 7.57. The molecular weight excluding hydrogens is 266 g/mol. The topological polar surface area (TPSA) is 69.6 Å². The van der Waals surface area contributed by atoms with Gasteiger partial charge in [0.1, 0.15) is 0 Å². The van der Waals surface area contributed by atoms with Crippen molar-refractivity contribution in [3.05, 3.63) is 48.0 Å². The Kier molecular flexibility index (Phi) is 7.72. The SMILES string of the molecule is C=CCNC(CCC(=O)O)C(O)c1ccc(CCC)cc1. The lowest BCUT2D eigenvalue weighted by Gasteiger charge is -2.24. The van der Waals surface area contributed by atoms with Crippen molar-refractivity contribution in [1.82, 2.24) is 5.32 Å². The first-order valence-corrected chi connectivity index (χ1v) is 7.41. The summed E-state index contributed by atoms with van der Waals surface area (Å²) >= 11 is 0.